The Labute approximate surface area is 107 Å². The first kappa shape index (κ1) is 13.8. The highest BCUT2D eigenvalue weighted by Crippen LogP contribution is 2.26. The van der Waals surface area contributed by atoms with Crippen LogP contribution in [0.5, 0.6) is 5.75 Å². The summed E-state index contributed by atoms with van der Waals surface area (Å²) in [6.07, 6.45) is 2.01. The van der Waals surface area contributed by atoms with Gasteiger partial charge in [-0.05, 0) is 31.0 Å². The summed E-state index contributed by atoms with van der Waals surface area (Å²) in [5.74, 6) is 0.415. The van der Waals surface area contributed by atoms with Crippen molar-refractivity contribution in [3.63, 3.8) is 0 Å². The average Bonchev–Trinajstić information content (AvgIpc) is 2.32. The van der Waals surface area contributed by atoms with Crippen LogP contribution < -0.4 is 10.1 Å². The van der Waals surface area contributed by atoms with Gasteiger partial charge in [0, 0.05) is 11.6 Å². The highest BCUT2D eigenvalue weighted by Gasteiger charge is 2.13. The summed E-state index contributed by atoms with van der Waals surface area (Å²) in [5.41, 5.74) is 1.38. The Morgan fingerprint density at radius 2 is 2.18 bits per heavy atom. The number of carbonyl (C=O) groups excluding carboxylic acids is 1. The predicted octanol–water partition coefficient (Wildman–Crippen LogP) is 3.19. The second-order valence-electron chi connectivity index (χ2n) is 3.91. The smallest absolute Gasteiger partial charge is 0.255 e. The molecule has 0 aromatic heterocycles. The Hall–Kier alpha value is -1.22. The molecule has 0 aliphatic rings. The van der Waals surface area contributed by atoms with E-state index >= 15 is 0 Å². The maximum Gasteiger partial charge on any atom is 0.255 e. The normalized spacial score (nSPS) is 10.1. The van der Waals surface area contributed by atoms with E-state index in [1.807, 2.05) is 6.92 Å². The fraction of sp³-hybridized carbons (Fsp3) is 0.462. The van der Waals surface area contributed by atoms with Crippen molar-refractivity contribution in [3.8, 4) is 5.75 Å². The third-order valence-corrected chi connectivity index (χ3v) is 2.95. The molecule has 3 nitrogen and oxygen atoms in total. The summed E-state index contributed by atoms with van der Waals surface area (Å²) in [6, 6.07) is 3.42. The van der Waals surface area contributed by atoms with Crippen molar-refractivity contribution >= 4 is 17.5 Å². The highest BCUT2D eigenvalue weighted by molar-refractivity contribution is 6.31. The first-order chi connectivity index (χ1) is 8.10. The van der Waals surface area contributed by atoms with Gasteiger partial charge in [-0.3, -0.25) is 4.79 Å². The lowest BCUT2D eigenvalue weighted by molar-refractivity contribution is 0.0950. The molecule has 0 spiro atoms. The topological polar surface area (TPSA) is 38.3 Å². The molecule has 1 N–H and O–H groups in total. The zero-order valence-electron chi connectivity index (χ0n) is 10.5. The minimum absolute atomic E-state index is 0.141. The van der Waals surface area contributed by atoms with E-state index in [0.29, 0.717) is 22.9 Å². The van der Waals surface area contributed by atoms with Gasteiger partial charge in [0.05, 0.1) is 12.7 Å². The van der Waals surface area contributed by atoms with Gasteiger partial charge in [0.15, 0.2) is 0 Å². The van der Waals surface area contributed by atoms with Crippen molar-refractivity contribution in [1.82, 2.24) is 5.32 Å². The summed E-state index contributed by atoms with van der Waals surface area (Å²) < 4.78 is 5.19. The van der Waals surface area contributed by atoms with Gasteiger partial charge in [-0.25, -0.2) is 0 Å². The molecular weight excluding hydrogens is 238 g/mol. The van der Waals surface area contributed by atoms with Gasteiger partial charge in [-0.15, -0.1) is 0 Å². The van der Waals surface area contributed by atoms with E-state index < -0.39 is 0 Å². The van der Waals surface area contributed by atoms with Crippen molar-refractivity contribution in [2.24, 2.45) is 0 Å². The molecule has 0 saturated carbocycles. The molecule has 0 aliphatic heterocycles. The number of benzene rings is 1. The zero-order valence-corrected chi connectivity index (χ0v) is 11.2. The van der Waals surface area contributed by atoms with Crippen LogP contribution in [0.15, 0.2) is 12.1 Å². The van der Waals surface area contributed by atoms with E-state index in [-0.39, 0.29) is 5.91 Å². The maximum atomic E-state index is 11.9. The Morgan fingerprint density at radius 1 is 1.47 bits per heavy atom. The lowest BCUT2D eigenvalue weighted by Gasteiger charge is -2.11. The second-order valence-corrected chi connectivity index (χ2v) is 4.32. The summed E-state index contributed by atoms with van der Waals surface area (Å²) in [6.45, 7) is 4.63. The number of halogens is 1. The van der Waals surface area contributed by atoms with E-state index in [1.165, 1.54) is 0 Å². The third kappa shape index (κ3) is 3.63. The molecule has 0 fully saturated rings. The lowest BCUT2D eigenvalue weighted by Crippen LogP contribution is -2.24. The molecule has 0 saturated heterocycles. The molecule has 94 valence electrons. The molecule has 0 heterocycles. The van der Waals surface area contributed by atoms with Crippen molar-refractivity contribution in [3.05, 3.63) is 28.3 Å². The van der Waals surface area contributed by atoms with Crippen molar-refractivity contribution in [2.45, 2.75) is 26.7 Å². The van der Waals surface area contributed by atoms with Crippen molar-refractivity contribution in [1.29, 1.82) is 0 Å². The number of hydrogen-bond donors (Lipinski definition) is 1. The van der Waals surface area contributed by atoms with Crippen LogP contribution in [0.2, 0.25) is 5.02 Å². The molecule has 1 rings (SSSR count). The first-order valence-electron chi connectivity index (χ1n) is 5.72. The Morgan fingerprint density at radius 3 is 2.76 bits per heavy atom. The number of carbonyl (C=O) groups is 1. The lowest BCUT2D eigenvalue weighted by atomic mass is 10.1. The highest BCUT2D eigenvalue weighted by atomic mass is 35.5. The molecular formula is C13H18ClNO2. The van der Waals surface area contributed by atoms with Gasteiger partial charge >= 0.3 is 0 Å². The quantitative estimate of drug-likeness (QED) is 0.821. The number of amides is 1. The van der Waals surface area contributed by atoms with Gasteiger partial charge < -0.3 is 10.1 Å². The molecule has 4 heteroatoms. The number of hydrogen-bond acceptors (Lipinski definition) is 2. The van der Waals surface area contributed by atoms with E-state index in [9.17, 15) is 4.79 Å². The van der Waals surface area contributed by atoms with Gasteiger partial charge in [0.25, 0.3) is 5.91 Å². The van der Waals surface area contributed by atoms with E-state index in [2.05, 4.69) is 12.2 Å². The van der Waals surface area contributed by atoms with Crippen LogP contribution in [0.25, 0.3) is 0 Å². The molecule has 17 heavy (non-hydrogen) atoms. The molecule has 0 aliphatic carbocycles. The standard InChI is InChI=1S/C13H18ClNO2/c1-4-5-6-15-13(16)10-8-11(14)9(2)7-12(10)17-3/h7-8H,4-6H2,1-3H3,(H,15,16). The third-order valence-electron chi connectivity index (χ3n) is 2.54. The van der Waals surface area contributed by atoms with Crippen LogP contribution >= 0.6 is 11.6 Å². The van der Waals surface area contributed by atoms with Crippen LogP contribution in [0.1, 0.15) is 35.7 Å². The molecule has 0 atom stereocenters. The molecule has 1 aromatic carbocycles. The second kappa shape index (κ2) is 6.50. The fourth-order valence-electron chi connectivity index (χ4n) is 1.48. The van der Waals surface area contributed by atoms with Crippen LogP contribution in [0.3, 0.4) is 0 Å². The minimum Gasteiger partial charge on any atom is -0.496 e. The van der Waals surface area contributed by atoms with Gasteiger partial charge in [0.1, 0.15) is 5.75 Å². The maximum absolute atomic E-state index is 11.9. The first-order valence-corrected chi connectivity index (χ1v) is 6.10. The number of unbranched alkanes of at least 4 members (excludes halogenated alkanes) is 1. The summed E-state index contributed by atoms with van der Waals surface area (Å²) in [7, 11) is 1.55. The van der Waals surface area contributed by atoms with Crippen molar-refractivity contribution < 1.29 is 9.53 Å². The summed E-state index contributed by atoms with van der Waals surface area (Å²) >= 11 is 6.01. The van der Waals surface area contributed by atoms with E-state index in [1.54, 1.807) is 19.2 Å². The summed E-state index contributed by atoms with van der Waals surface area (Å²) in [5, 5.41) is 3.42. The summed E-state index contributed by atoms with van der Waals surface area (Å²) in [4.78, 5) is 11.9. The molecule has 1 aromatic rings. The van der Waals surface area contributed by atoms with Crippen LogP contribution in [-0.4, -0.2) is 19.6 Å². The van der Waals surface area contributed by atoms with Gasteiger partial charge in [-0.1, -0.05) is 24.9 Å². The number of ether oxygens (including phenoxy) is 1. The van der Waals surface area contributed by atoms with Crippen LogP contribution in [0, 0.1) is 6.92 Å². The molecule has 1 amide bonds. The SMILES string of the molecule is CCCCNC(=O)c1cc(Cl)c(C)cc1OC. The largest absolute Gasteiger partial charge is 0.496 e. The van der Waals surface area contributed by atoms with Gasteiger partial charge in [0.2, 0.25) is 0 Å². The zero-order chi connectivity index (χ0) is 12.8. The Balaban J connectivity index is 2.88. The van der Waals surface area contributed by atoms with Crippen LogP contribution in [-0.2, 0) is 0 Å². The monoisotopic (exact) mass is 255 g/mol. The van der Waals surface area contributed by atoms with Crippen LogP contribution in [0.4, 0.5) is 0 Å². The molecule has 0 bridgehead atoms. The molecule has 0 unspecified atom stereocenters. The minimum atomic E-state index is -0.141. The number of aryl methyl sites for hydroxylation is 1. The predicted molar refractivity (Wildman–Crippen MR) is 70.0 cm³/mol. The molecule has 0 radical (unpaired) electrons. The van der Waals surface area contributed by atoms with E-state index in [0.717, 1.165) is 18.4 Å². The van der Waals surface area contributed by atoms with Crippen molar-refractivity contribution in [2.75, 3.05) is 13.7 Å². The number of rotatable bonds is 5. The average molecular weight is 256 g/mol. The Bertz CT molecular complexity index is 405. The number of methoxy groups -OCH3 is 1. The fourth-order valence-corrected chi connectivity index (χ4v) is 1.64. The number of nitrogens with one attached hydrogen (secondary N) is 1. The Kier molecular flexibility index (Phi) is 5.29. The van der Waals surface area contributed by atoms with E-state index in [4.69, 9.17) is 16.3 Å². The van der Waals surface area contributed by atoms with Gasteiger partial charge in [-0.2, -0.15) is 0 Å².